The van der Waals surface area contributed by atoms with Gasteiger partial charge in [0.05, 0.1) is 9.79 Å². The lowest BCUT2D eigenvalue weighted by Crippen LogP contribution is -2.19. The Morgan fingerprint density at radius 3 is 1.75 bits per heavy atom. The van der Waals surface area contributed by atoms with E-state index >= 15 is 0 Å². The van der Waals surface area contributed by atoms with Crippen molar-refractivity contribution in [2.24, 2.45) is 0 Å². The Hall–Kier alpha value is -1.90. The summed E-state index contributed by atoms with van der Waals surface area (Å²) >= 11 is 0. The molecular formula is C16H20N2O4S2. The zero-order valence-electron chi connectivity index (χ0n) is 13.9. The molecule has 0 unspecified atom stereocenters. The molecule has 6 nitrogen and oxygen atoms in total. The lowest BCUT2D eigenvalue weighted by atomic mass is 10.1. The van der Waals surface area contributed by atoms with E-state index in [4.69, 9.17) is 0 Å². The number of sulfonamides is 2. The smallest absolute Gasteiger partial charge is 0.262 e. The molecule has 0 bridgehead atoms. The quantitative estimate of drug-likeness (QED) is 0.847. The molecule has 8 heteroatoms. The van der Waals surface area contributed by atoms with Crippen molar-refractivity contribution in [1.82, 2.24) is 4.72 Å². The molecule has 2 rings (SSSR count). The van der Waals surface area contributed by atoms with Gasteiger partial charge in [-0.05, 0) is 63.2 Å². The van der Waals surface area contributed by atoms with Crippen LogP contribution < -0.4 is 9.44 Å². The summed E-state index contributed by atoms with van der Waals surface area (Å²) in [6.07, 6.45) is 0. The molecule has 0 radical (unpaired) electrons. The summed E-state index contributed by atoms with van der Waals surface area (Å²) < 4.78 is 53.4. The largest absolute Gasteiger partial charge is 0.280 e. The molecule has 130 valence electrons. The first-order chi connectivity index (χ1) is 11.1. The fourth-order valence-electron chi connectivity index (χ4n) is 2.62. The maximum Gasteiger partial charge on any atom is 0.262 e. The third-order valence-corrected chi connectivity index (χ3v) is 6.68. The summed E-state index contributed by atoms with van der Waals surface area (Å²) in [5, 5.41) is 0. The standard InChI is InChI=1S/C16H20N2O4S2/c1-11-9-12(2)16(13(3)10-11)24(21,22)18-14-5-7-15(8-6-14)23(19,20)17-4/h5-10,17-18H,1-4H3. The maximum atomic E-state index is 12.7. The van der Waals surface area contributed by atoms with Crippen LogP contribution in [0.3, 0.4) is 0 Å². The van der Waals surface area contributed by atoms with Crippen molar-refractivity contribution in [2.75, 3.05) is 11.8 Å². The number of nitrogens with one attached hydrogen (secondary N) is 2. The molecule has 0 spiro atoms. The Morgan fingerprint density at radius 2 is 1.29 bits per heavy atom. The predicted octanol–water partition coefficient (Wildman–Crippen LogP) is 2.32. The molecule has 0 fully saturated rings. The number of rotatable bonds is 5. The van der Waals surface area contributed by atoms with Crippen LogP contribution in [0.1, 0.15) is 16.7 Å². The number of hydrogen-bond donors (Lipinski definition) is 2. The highest BCUT2D eigenvalue weighted by Gasteiger charge is 2.20. The summed E-state index contributed by atoms with van der Waals surface area (Å²) in [5.74, 6) is 0. The van der Waals surface area contributed by atoms with Crippen LogP contribution in [-0.2, 0) is 20.0 Å². The highest BCUT2D eigenvalue weighted by molar-refractivity contribution is 7.92. The van der Waals surface area contributed by atoms with Gasteiger partial charge in [-0.15, -0.1) is 0 Å². The van der Waals surface area contributed by atoms with Gasteiger partial charge in [-0.1, -0.05) is 17.7 Å². The molecule has 0 aromatic heterocycles. The van der Waals surface area contributed by atoms with Crippen LogP contribution in [0.5, 0.6) is 0 Å². The average molecular weight is 368 g/mol. The van der Waals surface area contributed by atoms with Gasteiger partial charge in [-0.25, -0.2) is 21.6 Å². The topological polar surface area (TPSA) is 92.3 Å². The molecule has 2 N–H and O–H groups in total. The van der Waals surface area contributed by atoms with Crippen LogP contribution >= 0.6 is 0 Å². The van der Waals surface area contributed by atoms with Gasteiger partial charge in [0, 0.05) is 5.69 Å². The average Bonchev–Trinajstić information content (AvgIpc) is 2.45. The van der Waals surface area contributed by atoms with E-state index in [0.29, 0.717) is 16.8 Å². The summed E-state index contributed by atoms with van der Waals surface area (Å²) in [7, 11) is -6.00. The van der Waals surface area contributed by atoms with Crippen molar-refractivity contribution in [3.63, 3.8) is 0 Å². The van der Waals surface area contributed by atoms with Crippen LogP contribution in [0, 0.1) is 20.8 Å². The first-order valence-electron chi connectivity index (χ1n) is 7.21. The van der Waals surface area contributed by atoms with E-state index in [9.17, 15) is 16.8 Å². The molecule has 0 saturated carbocycles. The lowest BCUT2D eigenvalue weighted by Gasteiger charge is -2.14. The monoisotopic (exact) mass is 368 g/mol. The zero-order valence-corrected chi connectivity index (χ0v) is 15.5. The van der Waals surface area contributed by atoms with Gasteiger partial charge in [-0.2, -0.15) is 0 Å². The second-order valence-electron chi connectivity index (χ2n) is 5.57. The van der Waals surface area contributed by atoms with Gasteiger partial charge < -0.3 is 0 Å². The number of hydrogen-bond acceptors (Lipinski definition) is 4. The number of benzene rings is 2. The minimum atomic E-state index is -3.76. The van der Waals surface area contributed by atoms with E-state index in [2.05, 4.69) is 9.44 Å². The van der Waals surface area contributed by atoms with E-state index < -0.39 is 20.0 Å². The van der Waals surface area contributed by atoms with E-state index in [0.717, 1.165) is 5.56 Å². The van der Waals surface area contributed by atoms with Crippen LogP contribution in [0.4, 0.5) is 5.69 Å². The van der Waals surface area contributed by atoms with Crippen molar-refractivity contribution >= 4 is 25.7 Å². The maximum absolute atomic E-state index is 12.7. The normalized spacial score (nSPS) is 12.2. The fourth-order valence-corrected chi connectivity index (χ4v) is 4.86. The Morgan fingerprint density at radius 1 is 0.792 bits per heavy atom. The minimum Gasteiger partial charge on any atom is -0.280 e. The first kappa shape index (κ1) is 18.4. The van der Waals surface area contributed by atoms with Gasteiger partial charge in [0.2, 0.25) is 10.0 Å². The first-order valence-corrected chi connectivity index (χ1v) is 10.2. The van der Waals surface area contributed by atoms with Gasteiger partial charge in [-0.3, -0.25) is 4.72 Å². The summed E-state index contributed by atoms with van der Waals surface area (Å²) in [5.41, 5.74) is 2.61. The summed E-state index contributed by atoms with van der Waals surface area (Å²) in [4.78, 5) is 0.302. The van der Waals surface area contributed by atoms with Crippen molar-refractivity contribution < 1.29 is 16.8 Å². The zero-order chi connectivity index (χ0) is 18.1. The Balaban J connectivity index is 2.37. The second-order valence-corrected chi connectivity index (χ2v) is 9.07. The molecule has 2 aromatic carbocycles. The van der Waals surface area contributed by atoms with E-state index in [1.165, 1.54) is 31.3 Å². The van der Waals surface area contributed by atoms with Crippen molar-refractivity contribution in [3.8, 4) is 0 Å². The second kappa shape index (κ2) is 6.54. The molecule has 24 heavy (non-hydrogen) atoms. The number of anilines is 1. The van der Waals surface area contributed by atoms with Gasteiger partial charge >= 0.3 is 0 Å². The Bertz CT molecular complexity index is 941. The van der Waals surface area contributed by atoms with E-state index in [1.54, 1.807) is 13.8 Å². The molecule has 0 saturated heterocycles. The van der Waals surface area contributed by atoms with Crippen LogP contribution in [0.25, 0.3) is 0 Å². The molecular weight excluding hydrogens is 348 g/mol. The Kier molecular flexibility index (Phi) is 5.03. The molecule has 0 aliphatic heterocycles. The van der Waals surface area contributed by atoms with Crippen molar-refractivity contribution in [2.45, 2.75) is 30.6 Å². The summed E-state index contributed by atoms with van der Waals surface area (Å²) in [6, 6.07) is 9.15. The van der Waals surface area contributed by atoms with Gasteiger partial charge in [0.15, 0.2) is 0 Å². The van der Waals surface area contributed by atoms with E-state index in [1.807, 2.05) is 19.1 Å². The van der Waals surface area contributed by atoms with Crippen molar-refractivity contribution in [1.29, 1.82) is 0 Å². The van der Waals surface area contributed by atoms with Crippen LogP contribution in [-0.4, -0.2) is 23.9 Å². The summed E-state index contributed by atoms with van der Waals surface area (Å²) in [6.45, 7) is 5.40. The molecule has 0 heterocycles. The predicted molar refractivity (Wildman–Crippen MR) is 94.1 cm³/mol. The fraction of sp³-hybridized carbons (Fsp3) is 0.250. The number of aryl methyl sites for hydroxylation is 3. The third kappa shape index (κ3) is 3.77. The Labute approximate surface area is 143 Å². The van der Waals surface area contributed by atoms with Gasteiger partial charge in [0.1, 0.15) is 0 Å². The molecule has 0 aliphatic carbocycles. The van der Waals surface area contributed by atoms with Crippen LogP contribution in [0.15, 0.2) is 46.2 Å². The van der Waals surface area contributed by atoms with Crippen LogP contribution in [0.2, 0.25) is 0 Å². The molecule has 0 atom stereocenters. The highest BCUT2D eigenvalue weighted by Crippen LogP contribution is 2.24. The minimum absolute atomic E-state index is 0.0654. The third-order valence-electron chi connectivity index (χ3n) is 3.56. The van der Waals surface area contributed by atoms with Gasteiger partial charge in [0.25, 0.3) is 10.0 Å². The molecule has 2 aromatic rings. The highest BCUT2D eigenvalue weighted by atomic mass is 32.2. The SMILES string of the molecule is CNS(=O)(=O)c1ccc(NS(=O)(=O)c2c(C)cc(C)cc2C)cc1. The molecule has 0 amide bonds. The van der Waals surface area contributed by atoms with E-state index in [-0.39, 0.29) is 9.79 Å². The lowest BCUT2D eigenvalue weighted by molar-refractivity contribution is 0.588. The van der Waals surface area contributed by atoms with Crippen molar-refractivity contribution in [3.05, 3.63) is 53.1 Å². The molecule has 0 aliphatic rings.